The van der Waals surface area contributed by atoms with Gasteiger partial charge in [0.2, 0.25) is 0 Å². The molecule has 7 heteroatoms. The number of nitrogens with one attached hydrogen (secondary N) is 2. The maximum Gasteiger partial charge on any atom is 0.356 e. The molecule has 0 unspecified atom stereocenters. The van der Waals surface area contributed by atoms with Crippen LogP contribution in [0, 0.1) is 6.92 Å². The van der Waals surface area contributed by atoms with Crippen molar-refractivity contribution in [1.82, 2.24) is 4.57 Å². The number of rotatable bonds is 3. The fraction of sp³-hybridized carbons (Fsp3) is 0.412. The second kappa shape index (κ2) is 6.68. The van der Waals surface area contributed by atoms with Gasteiger partial charge in [-0.1, -0.05) is 20.8 Å². The summed E-state index contributed by atoms with van der Waals surface area (Å²) in [5, 5.41) is 8.22. The number of aromatic nitrogens is 1. The average Bonchev–Trinajstić information content (AvgIpc) is 3.01. The van der Waals surface area contributed by atoms with E-state index >= 15 is 0 Å². The monoisotopic (exact) mass is 349 g/mol. The van der Waals surface area contributed by atoms with E-state index in [9.17, 15) is 9.59 Å². The van der Waals surface area contributed by atoms with Crippen LogP contribution in [0.3, 0.4) is 0 Å². The minimum Gasteiger partial charge on any atom is -0.464 e. The molecule has 130 valence electrons. The van der Waals surface area contributed by atoms with Crippen LogP contribution in [0.25, 0.3) is 0 Å². The number of esters is 1. The van der Waals surface area contributed by atoms with Gasteiger partial charge in [0, 0.05) is 18.2 Å². The summed E-state index contributed by atoms with van der Waals surface area (Å²) in [6, 6.07) is 3.30. The molecule has 0 radical (unpaired) electrons. The number of anilines is 2. The highest BCUT2D eigenvalue weighted by atomic mass is 32.1. The number of methoxy groups -OCH3 is 1. The molecule has 0 fully saturated rings. The van der Waals surface area contributed by atoms with Gasteiger partial charge in [0.15, 0.2) is 5.69 Å². The van der Waals surface area contributed by atoms with Crippen molar-refractivity contribution in [3.8, 4) is 0 Å². The third-order valence-electron chi connectivity index (χ3n) is 3.60. The molecule has 0 aliphatic rings. The number of amides is 2. The zero-order chi connectivity index (χ0) is 18.1. The fourth-order valence-electron chi connectivity index (χ4n) is 2.52. The number of carbonyl (C=O) groups excluding carboxylic acids is 2. The number of ether oxygens (including phenoxy) is 1. The van der Waals surface area contributed by atoms with E-state index in [-0.39, 0.29) is 5.41 Å². The fourth-order valence-corrected chi connectivity index (χ4v) is 3.31. The molecule has 0 aliphatic heterocycles. The lowest BCUT2D eigenvalue weighted by molar-refractivity contribution is 0.0590. The molecule has 6 nitrogen and oxygen atoms in total. The Morgan fingerprint density at radius 1 is 1.21 bits per heavy atom. The van der Waals surface area contributed by atoms with Gasteiger partial charge in [-0.05, 0) is 30.0 Å². The first kappa shape index (κ1) is 18.1. The van der Waals surface area contributed by atoms with Gasteiger partial charge in [0.05, 0.1) is 17.8 Å². The summed E-state index contributed by atoms with van der Waals surface area (Å²) in [5.74, 6) is -0.490. The Labute approximate surface area is 145 Å². The number of urea groups is 1. The lowest BCUT2D eigenvalue weighted by Crippen LogP contribution is -2.21. The van der Waals surface area contributed by atoms with E-state index in [2.05, 4.69) is 10.6 Å². The molecule has 0 saturated carbocycles. The molecule has 2 amide bonds. The van der Waals surface area contributed by atoms with Gasteiger partial charge < -0.3 is 14.6 Å². The van der Waals surface area contributed by atoms with Gasteiger partial charge >= 0.3 is 12.0 Å². The van der Waals surface area contributed by atoms with Crippen molar-refractivity contribution in [2.45, 2.75) is 33.1 Å². The van der Waals surface area contributed by atoms with Crippen LogP contribution < -0.4 is 10.6 Å². The Bertz CT molecular complexity index is 769. The quantitative estimate of drug-likeness (QED) is 0.819. The molecule has 2 N–H and O–H groups in total. The van der Waals surface area contributed by atoms with E-state index in [4.69, 9.17) is 4.74 Å². The van der Waals surface area contributed by atoms with Gasteiger partial charge in [-0.25, -0.2) is 9.59 Å². The standard InChI is InChI=1S/C17H23N3O3S/c1-10-7-13(24-9-10)19-16(22)18-11-8-12(17(2,3)4)20(5)14(11)15(21)23-6/h7-9H,1-6H3,(H2,18,19,22). The molecule has 2 aromatic rings. The molecular formula is C17H23N3O3S. The highest BCUT2D eigenvalue weighted by molar-refractivity contribution is 7.14. The Morgan fingerprint density at radius 3 is 2.38 bits per heavy atom. The molecule has 0 aromatic carbocycles. The summed E-state index contributed by atoms with van der Waals surface area (Å²) in [7, 11) is 3.11. The molecule has 2 rings (SSSR count). The Morgan fingerprint density at radius 2 is 1.88 bits per heavy atom. The molecule has 0 spiro atoms. The SMILES string of the molecule is COC(=O)c1c(NC(=O)Nc2cc(C)cs2)cc(C(C)(C)C)n1C. The smallest absolute Gasteiger partial charge is 0.356 e. The predicted molar refractivity (Wildman–Crippen MR) is 97.1 cm³/mol. The van der Waals surface area contributed by atoms with E-state index in [0.717, 1.165) is 16.3 Å². The number of thiophene rings is 1. The number of aryl methyl sites for hydroxylation is 1. The van der Waals surface area contributed by atoms with Gasteiger partial charge in [-0.15, -0.1) is 11.3 Å². The maximum atomic E-state index is 12.2. The van der Waals surface area contributed by atoms with E-state index in [1.807, 2.05) is 45.2 Å². The highest BCUT2D eigenvalue weighted by Gasteiger charge is 2.27. The Balaban J connectivity index is 2.31. The number of hydrogen-bond acceptors (Lipinski definition) is 4. The number of hydrogen-bond donors (Lipinski definition) is 2. The van der Waals surface area contributed by atoms with Crippen molar-refractivity contribution in [1.29, 1.82) is 0 Å². The van der Waals surface area contributed by atoms with Gasteiger partial charge in [0.1, 0.15) is 0 Å². The third kappa shape index (κ3) is 3.79. The Hall–Kier alpha value is -2.28. The molecule has 0 saturated heterocycles. The van der Waals surface area contributed by atoms with Gasteiger partial charge in [0.25, 0.3) is 0 Å². The minimum atomic E-state index is -0.490. The van der Waals surface area contributed by atoms with Crippen LogP contribution in [0.5, 0.6) is 0 Å². The normalized spacial score (nSPS) is 11.2. The second-order valence-electron chi connectivity index (χ2n) is 6.66. The van der Waals surface area contributed by atoms with Crippen LogP contribution in [0.15, 0.2) is 17.5 Å². The van der Waals surface area contributed by atoms with Crippen molar-refractivity contribution < 1.29 is 14.3 Å². The van der Waals surface area contributed by atoms with Crippen molar-refractivity contribution in [3.63, 3.8) is 0 Å². The summed E-state index contributed by atoms with van der Waals surface area (Å²) >= 11 is 1.45. The third-order valence-corrected chi connectivity index (χ3v) is 4.56. The minimum absolute atomic E-state index is 0.182. The van der Waals surface area contributed by atoms with Gasteiger partial charge in [-0.3, -0.25) is 5.32 Å². The molecule has 0 bridgehead atoms. The van der Waals surface area contributed by atoms with Crippen LogP contribution in [0.2, 0.25) is 0 Å². The van der Waals surface area contributed by atoms with Crippen molar-refractivity contribution in [2.75, 3.05) is 17.7 Å². The largest absolute Gasteiger partial charge is 0.464 e. The summed E-state index contributed by atoms with van der Waals surface area (Å²) in [5.41, 5.74) is 2.57. The van der Waals surface area contributed by atoms with Crippen molar-refractivity contribution in [3.05, 3.63) is 34.5 Å². The van der Waals surface area contributed by atoms with Crippen molar-refractivity contribution in [2.24, 2.45) is 7.05 Å². The molecule has 24 heavy (non-hydrogen) atoms. The van der Waals surface area contributed by atoms with Crippen LogP contribution >= 0.6 is 11.3 Å². The van der Waals surface area contributed by atoms with E-state index < -0.39 is 12.0 Å². The first-order valence-electron chi connectivity index (χ1n) is 7.55. The Kier molecular flexibility index (Phi) is 5.03. The number of carbonyl (C=O) groups is 2. The second-order valence-corrected chi connectivity index (χ2v) is 7.57. The first-order chi connectivity index (χ1) is 11.1. The zero-order valence-corrected chi connectivity index (χ0v) is 15.6. The lowest BCUT2D eigenvalue weighted by Gasteiger charge is -2.19. The molecule has 2 heterocycles. The van der Waals surface area contributed by atoms with E-state index in [1.165, 1.54) is 18.4 Å². The van der Waals surface area contributed by atoms with Crippen LogP contribution in [-0.4, -0.2) is 23.7 Å². The predicted octanol–water partition coefficient (Wildman–Crippen LogP) is 4.12. The van der Waals surface area contributed by atoms with Crippen molar-refractivity contribution >= 4 is 34.0 Å². The lowest BCUT2D eigenvalue weighted by atomic mass is 9.92. The average molecular weight is 349 g/mol. The van der Waals surface area contributed by atoms with Crippen LogP contribution in [0.4, 0.5) is 15.5 Å². The summed E-state index contributed by atoms with van der Waals surface area (Å²) in [4.78, 5) is 24.4. The zero-order valence-electron chi connectivity index (χ0n) is 14.8. The topological polar surface area (TPSA) is 72.4 Å². The van der Waals surface area contributed by atoms with Crippen LogP contribution in [0.1, 0.15) is 42.5 Å². The van der Waals surface area contributed by atoms with E-state index in [1.54, 1.807) is 11.6 Å². The van der Waals surface area contributed by atoms with Gasteiger partial charge in [-0.2, -0.15) is 0 Å². The molecule has 0 atom stereocenters. The first-order valence-corrected chi connectivity index (χ1v) is 8.43. The summed E-state index contributed by atoms with van der Waals surface area (Å²) < 4.78 is 6.62. The maximum absolute atomic E-state index is 12.2. The summed E-state index contributed by atoms with van der Waals surface area (Å²) in [6.07, 6.45) is 0. The highest BCUT2D eigenvalue weighted by Crippen LogP contribution is 2.30. The van der Waals surface area contributed by atoms with Crippen LogP contribution in [-0.2, 0) is 17.2 Å². The molecule has 2 aromatic heterocycles. The molecular weight excluding hydrogens is 326 g/mol. The van der Waals surface area contributed by atoms with E-state index in [0.29, 0.717) is 11.4 Å². The molecule has 0 aliphatic carbocycles. The summed E-state index contributed by atoms with van der Waals surface area (Å²) in [6.45, 7) is 8.09. The number of nitrogens with zero attached hydrogens (tertiary/aromatic N) is 1.